The first-order valence-corrected chi connectivity index (χ1v) is 5.21. The van der Waals surface area contributed by atoms with Gasteiger partial charge in [-0.05, 0) is 30.7 Å². The van der Waals surface area contributed by atoms with E-state index in [1.54, 1.807) is 18.7 Å². The fourth-order valence-corrected chi connectivity index (χ4v) is 1.85. The molecule has 3 heteroatoms. The fraction of sp³-hybridized carbons (Fsp3) is 0.154. The smallest absolute Gasteiger partial charge is 0.201 e. The Morgan fingerprint density at radius 1 is 1.12 bits per heavy atom. The van der Waals surface area contributed by atoms with Crippen molar-refractivity contribution in [3.05, 3.63) is 54.4 Å². The first-order valence-electron chi connectivity index (χ1n) is 5.21. The number of oxazole rings is 1. The summed E-state index contributed by atoms with van der Waals surface area (Å²) in [7, 11) is 0. The van der Waals surface area contributed by atoms with Crippen LogP contribution in [0.4, 0.5) is 0 Å². The summed E-state index contributed by atoms with van der Waals surface area (Å²) in [6.07, 6.45) is 4.97. The second-order valence-corrected chi connectivity index (χ2v) is 3.81. The lowest BCUT2D eigenvalue weighted by molar-refractivity contribution is 0.480. The molecule has 3 nitrogen and oxygen atoms in total. The van der Waals surface area contributed by atoms with Gasteiger partial charge in [0, 0.05) is 5.39 Å². The third kappa shape index (κ3) is 1.41. The largest absolute Gasteiger partial charge is 0.464 e. The maximum Gasteiger partial charge on any atom is 0.201 e. The monoisotopic (exact) mass is 213 g/mol. The van der Waals surface area contributed by atoms with Crippen molar-refractivity contribution in [1.82, 2.24) is 4.98 Å². The number of hydrogen-bond donors (Lipinski definition) is 0. The maximum atomic E-state index is 5.31. The molecule has 16 heavy (non-hydrogen) atoms. The minimum absolute atomic E-state index is 0.161. The summed E-state index contributed by atoms with van der Waals surface area (Å²) in [6.45, 7) is 2.08. The van der Waals surface area contributed by atoms with Crippen LogP contribution in [0.25, 0.3) is 11.0 Å². The average Bonchev–Trinajstić information content (AvgIpc) is 2.98. The van der Waals surface area contributed by atoms with Gasteiger partial charge in [0.1, 0.15) is 11.8 Å². The molecule has 0 aliphatic heterocycles. The van der Waals surface area contributed by atoms with E-state index in [1.807, 2.05) is 18.2 Å². The van der Waals surface area contributed by atoms with Gasteiger partial charge in [-0.1, -0.05) is 6.07 Å². The molecule has 1 unspecified atom stereocenters. The molecule has 1 aromatic carbocycles. The molecular weight excluding hydrogens is 202 g/mol. The molecule has 0 fully saturated rings. The predicted molar refractivity (Wildman–Crippen MR) is 60.2 cm³/mol. The molecule has 0 amide bonds. The maximum absolute atomic E-state index is 5.31. The first kappa shape index (κ1) is 9.21. The van der Waals surface area contributed by atoms with E-state index in [4.69, 9.17) is 8.83 Å². The van der Waals surface area contributed by atoms with Crippen LogP contribution in [0.15, 0.2) is 51.8 Å². The molecule has 0 radical (unpaired) electrons. The van der Waals surface area contributed by atoms with Crippen LogP contribution in [0, 0.1) is 0 Å². The van der Waals surface area contributed by atoms with Crippen molar-refractivity contribution in [3.8, 4) is 0 Å². The van der Waals surface area contributed by atoms with Crippen LogP contribution in [-0.2, 0) is 0 Å². The molecule has 0 spiro atoms. The van der Waals surface area contributed by atoms with Gasteiger partial charge in [-0.3, -0.25) is 0 Å². The number of aromatic nitrogens is 1. The van der Waals surface area contributed by atoms with Gasteiger partial charge >= 0.3 is 0 Å². The van der Waals surface area contributed by atoms with Gasteiger partial charge < -0.3 is 8.83 Å². The van der Waals surface area contributed by atoms with E-state index in [-0.39, 0.29) is 5.92 Å². The SMILES string of the molecule is CC(c1ccc2occc2c1)c1ncco1. The lowest BCUT2D eigenvalue weighted by atomic mass is 10.00. The van der Waals surface area contributed by atoms with Gasteiger partial charge in [0.05, 0.1) is 18.4 Å². The van der Waals surface area contributed by atoms with Crippen LogP contribution in [-0.4, -0.2) is 4.98 Å². The topological polar surface area (TPSA) is 39.2 Å². The second-order valence-electron chi connectivity index (χ2n) is 3.81. The van der Waals surface area contributed by atoms with Gasteiger partial charge in [0.15, 0.2) is 0 Å². The Balaban J connectivity index is 2.05. The molecule has 0 bridgehead atoms. The molecular formula is C13H11NO2. The lowest BCUT2D eigenvalue weighted by Crippen LogP contribution is -1.95. The highest BCUT2D eigenvalue weighted by atomic mass is 16.3. The molecule has 2 aromatic heterocycles. The van der Waals surface area contributed by atoms with Crippen LogP contribution < -0.4 is 0 Å². The standard InChI is InChI=1S/C13H11NO2/c1-9(13-14-5-7-16-13)10-2-3-12-11(8-10)4-6-15-12/h2-9H,1H3. The molecule has 0 N–H and O–H groups in total. The molecule has 3 rings (SSSR count). The summed E-state index contributed by atoms with van der Waals surface area (Å²) in [5.74, 6) is 0.900. The van der Waals surface area contributed by atoms with Gasteiger partial charge in [0.25, 0.3) is 0 Å². The molecule has 2 heterocycles. The Hall–Kier alpha value is -2.03. The second kappa shape index (κ2) is 3.52. The van der Waals surface area contributed by atoms with E-state index in [2.05, 4.69) is 18.0 Å². The Morgan fingerprint density at radius 3 is 2.88 bits per heavy atom. The van der Waals surface area contributed by atoms with Crippen molar-refractivity contribution < 1.29 is 8.83 Å². The quantitative estimate of drug-likeness (QED) is 0.653. The zero-order valence-corrected chi connectivity index (χ0v) is 8.88. The van der Waals surface area contributed by atoms with E-state index in [1.165, 1.54) is 5.56 Å². The van der Waals surface area contributed by atoms with Crippen molar-refractivity contribution in [1.29, 1.82) is 0 Å². The van der Waals surface area contributed by atoms with E-state index >= 15 is 0 Å². The molecule has 0 saturated carbocycles. The average molecular weight is 213 g/mol. The van der Waals surface area contributed by atoms with Crippen LogP contribution in [0.1, 0.15) is 24.3 Å². The Bertz CT molecular complexity index is 595. The molecule has 1 atom stereocenters. The van der Waals surface area contributed by atoms with E-state index in [9.17, 15) is 0 Å². The van der Waals surface area contributed by atoms with E-state index in [0.717, 1.165) is 16.9 Å². The summed E-state index contributed by atoms with van der Waals surface area (Å²) in [6, 6.07) is 8.08. The van der Waals surface area contributed by atoms with Crippen LogP contribution in [0.3, 0.4) is 0 Å². The number of hydrogen-bond acceptors (Lipinski definition) is 3. The third-order valence-electron chi connectivity index (χ3n) is 2.80. The zero-order chi connectivity index (χ0) is 11.0. The minimum atomic E-state index is 0.161. The van der Waals surface area contributed by atoms with Crippen LogP contribution in [0.2, 0.25) is 0 Å². The Morgan fingerprint density at radius 2 is 2.06 bits per heavy atom. The molecule has 0 saturated heterocycles. The Kier molecular flexibility index (Phi) is 2.03. The molecule has 80 valence electrons. The minimum Gasteiger partial charge on any atom is -0.464 e. The van der Waals surface area contributed by atoms with Crippen LogP contribution in [0.5, 0.6) is 0 Å². The van der Waals surface area contributed by atoms with Crippen molar-refractivity contribution in [2.24, 2.45) is 0 Å². The summed E-state index contributed by atoms with van der Waals surface area (Å²) in [5.41, 5.74) is 2.08. The van der Waals surface area contributed by atoms with E-state index < -0.39 is 0 Å². The first-order chi connectivity index (χ1) is 7.84. The summed E-state index contributed by atoms with van der Waals surface area (Å²) in [4.78, 5) is 4.17. The van der Waals surface area contributed by atoms with Crippen molar-refractivity contribution in [3.63, 3.8) is 0 Å². The summed E-state index contributed by atoms with van der Waals surface area (Å²) < 4.78 is 10.6. The lowest BCUT2D eigenvalue weighted by Gasteiger charge is -2.07. The van der Waals surface area contributed by atoms with Gasteiger partial charge in [-0.15, -0.1) is 0 Å². The molecule has 0 aliphatic carbocycles. The summed E-state index contributed by atoms with van der Waals surface area (Å²) >= 11 is 0. The highest BCUT2D eigenvalue weighted by Gasteiger charge is 2.13. The van der Waals surface area contributed by atoms with Crippen LogP contribution >= 0.6 is 0 Å². The predicted octanol–water partition coefficient (Wildman–Crippen LogP) is 3.57. The molecule has 0 aliphatic rings. The van der Waals surface area contributed by atoms with Crippen molar-refractivity contribution in [2.45, 2.75) is 12.8 Å². The highest BCUT2D eigenvalue weighted by molar-refractivity contribution is 5.77. The van der Waals surface area contributed by atoms with Crippen molar-refractivity contribution >= 4 is 11.0 Å². The number of nitrogens with zero attached hydrogens (tertiary/aromatic N) is 1. The highest BCUT2D eigenvalue weighted by Crippen LogP contribution is 2.26. The third-order valence-corrected chi connectivity index (χ3v) is 2.80. The number of fused-ring (bicyclic) bond motifs is 1. The molecule has 3 aromatic rings. The number of rotatable bonds is 2. The number of furan rings is 1. The fourth-order valence-electron chi connectivity index (χ4n) is 1.85. The Labute approximate surface area is 92.7 Å². The van der Waals surface area contributed by atoms with Crippen molar-refractivity contribution in [2.75, 3.05) is 0 Å². The summed E-state index contributed by atoms with van der Waals surface area (Å²) in [5, 5.41) is 1.11. The number of benzene rings is 1. The zero-order valence-electron chi connectivity index (χ0n) is 8.88. The van der Waals surface area contributed by atoms with Gasteiger partial charge in [0.2, 0.25) is 5.89 Å². The van der Waals surface area contributed by atoms with E-state index in [0.29, 0.717) is 0 Å². The normalized spacial score (nSPS) is 13.1. The van der Waals surface area contributed by atoms with Gasteiger partial charge in [-0.25, -0.2) is 4.98 Å². The van der Waals surface area contributed by atoms with Gasteiger partial charge in [-0.2, -0.15) is 0 Å².